The Bertz CT molecular complexity index is 322. The Labute approximate surface area is 105 Å². The second-order valence-electron chi connectivity index (χ2n) is 5.34. The SMILES string of the molecule is CC(C)CC(N)NC1CCN(S(C)(=O)=O)CC1. The van der Waals surface area contributed by atoms with Crippen molar-refractivity contribution >= 4 is 10.0 Å². The predicted molar refractivity (Wildman–Crippen MR) is 70.0 cm³/mol. The summed E-state index contributed by atoms with van der Waals surface area (Å²) < 4.78 is 24.2. The van der Waals surface area contributed by atoms with Gasteiger partial charge in [0.2, 0.25) is 10.0 Å². The van der Waals surface area contributed by atoms with E-state index in [1.165, 1.54) is 6.26 Å². The molecule has 1 aliphatic rings. The van der Waals surface area contributed by atoms with E-state index in [0.717, 1.165) is 19.3 Å². The van der Waals surface area contributed by atoms with Crippen LogP contribution in [-0.4, -0.2) is 44.3 Å². The number of rotatable bonds is 5. The Morgan fingerprint density at radius 1 is 1.35 bits per heavy atom. The maximum absolute atomic E-state index is 11.3. The molecule has 1 aliphatic heterocycles. The van der Waals surface area contributed by atoms with Gasteiger partial charge >= 0.3 is 0 Å². The number of nitrogens with one attached hydrogen (secondary N) is 1. The van der Waals surface area contributed by atoms with Gasteiger partial charge in [-0.1, -0.05) is 13.8 Å². The van der Waals surface area contributed by atoms with Crippen molar-refractivity contribution in [1.82, 2.24) is 9.62 Å². The number of piperidine rings is 1. The molecule has 6 heteroatoms. The van der Waals surface area contributed by atoms with Gasteiger partial charge < -0.3 is 5.73 Å². The molecule has 1 saturated heterocycles. The van der Waals surface area contributed by atoms with E-state index < -0.39 is 10.0 Å². The maximum atomic E-state index is 11.3. The molecule has 0 amide bonds. The van der Waals surface area contributed by atoms with Gasteiger partial charge in [-0.25, -0.2) is 12.7 Å². The van der Waals surface area contributed by atoms with Crippen LogP contribution < -0.4 is 11.1 Å². The van der Waals surface area contributed by atoms with Gasteiger partial charge in [-0.3, -0.25) is 5.32 Å². The van der Waals surface area contributed by atoms with Crippen LogP contribution in [-0.2, 0) is 10.0 Å². The van der Waals surface area contributed by atoms with Gasteiger partial charge in [-0.2, -0.15) is 0 Å². The molecule has 1 fully saturated rings. The van der Waals surface area contributed by atoms with Gasteiger partial charge in [0.25, 0.3) is 0 Å². The van der Waals surface area contributed by atoms with Crippen LogP contribution in [0, 0.1) is 5.92 Å². The fraction of sp³-hybridized carbons (Fsp3) is 1.00. The summed E-state index contributed by atoms with van der Waals surface area (Å²) in [6.45, 7) is 5.50. The summed E-state index contributed by atoms with van der Waals surface area (Å²) in [7, 11) is -3.02. The second kappa shape index (κ2) is 6.13. The highest BCUT2D eigenvalue weighted by Crippen LogP contribution is 2.14. The third-order valence-electron chi connectivity index (χ3n) is 3.10. The fourth-order valence-electron chi connectivity index (χ4n) is 2.23. The lowest BCUT2D eigenvalue weighted by molar-refractivity contribution is 0.265. The second-order valence-corrected chi connectivity index (χ2v) is 7.32. The molecular formula is C11H25N3O2S. The predicted octanol–water partition coefficient (Wildman–Crippen LogP) is 0.331. The molecule has 0 aromatic carbocycles. The summed E-state index contributed by atoms with van der Waals surface area (Å²) in [4.78, 5) is 0. The first-order valence-electron chi connectivity index (χ1n) is 6.25. The highest BCUT2D eigenvalue weighted by Gasteiger charge is 2.25. The van der Waals surface area contributed by atoms with Crippen LogP contribution in [0.1, 0.15) is 33.1 Å². The normalized spacial score (nSPS) is 21.9. The molecule has 1 unspecified atom stereocenters. The third kappa shape index (κ3) is 5.33. The van der Waals surface area contributed by atoms with Crippen LogP contribution >= 0.6 is 0 Å². The van der Waals surface area contributed by atoms with Crippen LogP contribution in [0.5, 0.6) is 0 Å². The highest BCUT2D eigenvalue weighted by atomic mass is 32.2. The molecule has 0 aromatic heterocycles. The van der Waals surface area contributed by atoms with Crippen LogP contribution in [0.3, 0.4) is 0 Å². The molecule has 5 nitrogen and oxygen atoms in total. The van der Waals surface area contributed by atoms with Crippen molar-refractivity contribution in [1.29, 1.82) is 0 Å². The minimum atomic E-state index is -3.02. The lowest BCUT2D eigenvalue weighted by Crippen LogP contribution is -2.50. The lowest BCUT2D eigenvalue weighted by Gasteiger charge is -2.32. The molecule has 3 N–H and O–H groups in total. The Balaban J connectivity index is 2.33. The van der Waals surface area contributed by atoms with E-state index >= 15 is 0 Å². The molecule has 1 atom stereocenters. The number of sulfonamides is 1. The van der Waals surface area contributed by atoms with Gasteiger partial charge in [0.05, 0.1) is 12.4 Å². The van der Waals surface area contributed by atoms with Crippen molar-refractivity contribution in [2.24, 2.45) is 11.7 Å². The minimum absolute atomic E-state index is 0.0183. The first-order valence-corrected chi connectivity index (χ1v) is 8.10. The Kier molecular flexibility index (Phi) is 5.37. The molecule has 0 aromatic rings. The van der Waals surface area contributed by atoms with Gasteiger partial charge in [-0.05, 0) is 25.2 Å². The zero-order valence-corrected chi connectivity index (χ0v) is 11.8. The Hall–Kier alpha value is -0.170. The molecule has 1 rings (SSSR count). The summed E-state index contributed by atoms with van der Waals surface area (Å²) in [5.74, 6) is 0.577. The summed E-state index contributed by atoms with van der Waals surface area (Å²) in [5, 5.41) is 3.38. The van der Waals surface area contributed by atoms with E-state index in [2.05, 4.69) is 19.2 Å². The molecule has 0 radical (unpaired) electrons. The van der Waals surface area contributed by atoms with Crippen molar-refractivity contribution in [2.75, 3.05) is 19.3 Å². The molecule has 0 spiro atoms. The topological polar surface area (TPSA) is 75.4 Å². The summed E-state index contributed by atoms with van der Waals surface area (Å²) in [5.41, 5.74) is 5.98. The molecule has 0 bridgehead atoms. The average molecular weight is 263 g/mol. The van der Waals surface area contributed by atoms with Gasteiger partial charge in [0.1, 0.15) is 0 Å². The standard InChI is InChI=1S/C11H25N3O2S/c1-9(2)8-11(12)13-10-4-6-14(7-5-10)17(3,15)16/h9-11,13H,4-8,12H2,1-3H3. The van der Waals surface area contributed by atoms with Crippen LogP contribution in [0.2, 0.25) is 0 Å². The summed E-state index contributed by atoms with van der Waals surface area (Å²) in [6.07, 6.45) is 3.93. The maximum Gasteiger partial charge on any atom is 0.211 e. The van der Waals surface area contributed by atoms with E-state index in [-0.39, 0.29) is 6.17 Å². The zero-order valence-electron chi connectivity index (χ0n) is 11.0. The number of hydrogen-bond donors (Lipinski definition) is 2. The van der Waals surface area contributed by atoms with E-state index in [1.54, 1.807) is 4.31 Å². The Morgan fingerprint density at radius 2 is 1.88 bits per heavy atom. The molecule has 1 heterocycles. The van der Waals surface area contributed by atoms with Crippen LogP contribution in [0.15, 0.2) is 0 Å². The summed E-state index contributed by atoms with van der Waals surface area (Å²) in [6, 6.07) is 0.349. The first kappa shape index (κ1) is 14.9. The third-order valence-corrected chi connectivity index (χ3v) is 4.40. The number of nitrogens with two attached hydrogens (primary N) is 1. The number of hydrogen-bond acceptors (Lipinski definition) is 4. The first-order chi connectivity index (χ1) is 7.79. The number of nitrogens with zero attached hydrogens (tertiary/aromatic N) is 1. The quantitative estimate of drug-likeness (QED) is 0.701. The van der Waals surface area contributed by atoms with Crippen molar-refractivity contribution in [3.8, 4) is 0 Å². The zero-order chi connectivity index (χ0) is 13.1. The van der Waals surface area contributed by atoms with Gasteiger partial charge in [-0.15, -0.1) is 0 Å². The van der Waals surface area contributed by atoms with Crippen LogP contribution in [0.4, 0.5) is 0 Å². The van der Waals surface area contributed by atoms with E-state index in [0.29, 0.717) is 25.0 Å². The lowest BCUT2D eigenvalue weighted by atomic mass is 10.0. The van der Waals surface area contributed by atoms with Gasteiger partial charge in [0.15, 0.2) is 0 Å². The smallest absolute Gasteiger partial charge is 0.211 e. The average Bonchev–Trinajstić information content (AvgIpc) is 2.15. The van der Waals surface area contributed by atoms with Crippen LogP contribution in [0.25, 0.3) is 0 Å². The van der Waals surface area contributed by atoms with E-state index in [4.69, 9.17) is 5.73 Å². The molecule has 17 heavy (non-hydrogen) atoms. The van der Waals surface area contributed by atoms with Crippen molar-refractivity contribution < 1.29 is 8.42 Å². The monoisotopic (exact) mass is 263 g/mol. The highest BCUT2D eigenvalue weighted by molar-refractivity contribution is 7.88. The minimum Gasteiger partial charge on any atom is -0.316 e. The van der Waals surface area contributed by atoms with Gasteiger partial charge in [0, 0.05) is 19.1 Å². The molecular weight excluding hydrogens is 238 g/mol. The molecule has 0 saturated carbocycles. The Morgan fingerprint density at radius 3 is 2.29 bits per heavy atom. The van der Waals surface area contributed by atoms with Crippen molar-refractivity contribution in [3.63, 3.8) is 0 Å². The summed E-state index contributed by atoms with van der Waals surface area (Å²) >= 11 is 0. The van der Waals surface area contributed by atoms with Crippen molar-refractivity contribution in [2.45, 2.75) is 45.3 Å². The molecule has 102 valence electrons. The van der Waals surface area contributed by atoms with Crippen molar-refractivity contribution in [3.05, 3.63) is 0 Å². The molecule has 0 aliphatic carbocycles. The van der Waals surface area contributed by atoms with E-state index in [1.807, 2.05) is 0 Å². The van der Waals surface area contributed by atoms with E-state index in [9.17, 15) is 8.42 Å². The fourth-order valence-corrected chi connectivity index (χ4v) is 3.11. The largest absolute Gasteiger partial charge is 0.316 e.